The van der Waals surface area contributed by atoms with E-state index in [9.17, 15) is 0 Å². The molecule has 2 N–H and O–H groups in total. The second kappa shape index (κ2) is 12.1. The molecular formula is C18H30IN5O. The number of nitrogens with one attached hydrogen (secondary N) is 2. The first kappa shape index (κ1) is 21.7. The molecule has 25 heavy (non-hydrogen) atoms. The lowest BCUT2D eigenvalue weighted by atomic mass is 10.3. The van der Waals surface area contributed by atoms with Gasteiger partial charge in [0, 0.05) is 33.4 Å². The van der Waals surface area contributed by atoms with Gasteiger partial charge in [-0.1, -0.05) is 12.1 Å². The van der Waals surface area contributed by atoms with Crippen LogP contribution in [0.3, 0.4) is 0 Å². The Bertz CT molecular complexity index is 656. The van der Waals surface area contributed by atoms with Crippen molar-refractivity contribution < 1.29 is 4.74 Å². The summed E-state index contributed by atoms with van der Waals surface area (Å²) in [6.45, 7) is 7.99. The average molecular weight is 459 g/mol. The van der Waals surface area contributed by atoms with E-state index >= 15 is 0 Å². The molecule has 1 aromatic carbocycles. The topological polar surface area (TPSA) is 63.5 Å². The Kier molecular flexibility index (Phi) is 10.5. The third-order valence-electron chi connectivity index (χ3n) is 3.81. The molecule has 0 aliphatic rings. The number of hydrogen-bond donors (Lipinski definition) is 2. The molecule has 0 bridgehead atoms. The first-order valence-electron chi connectivity index (χ1n) is 8.76. The monoisotopic (exact) mass is 459 g/mol. The Hall–Kier alpha value is -1.35. The standard InChI is InChI=1S/C18H29N5O.HI/c1-4-19-18(20-12-8-9-13-24-5-2)21-14-17-22-15-10-6-7-11-16(15)23(17)3;/h6-7,10-11H,4-5,8-9,12-14H2,1-3H3,(H2,19,20,21);1H. The zero-order valence-corrected chi connectivity index (χ0v) is 17.7. The minimum atomic E-state index is 0. The fraction of sp³-hybridized carbons (Fsp3) is 0.556. The lowest BCUT2D eigenvalue weighted by Crippen LogP contribution is -2.37. The third-order valence-corrected chi connectivity index (χ3v) is 3.81. The molecule has 0 spiro atoms. The van der Waals surface area contributed by atoms with Crippen LogP contribution in [0.1, 0.15) is 32.5 Å². The molecule has 0 amide bonds. The van der Waals surface area contributed by atoms with Crippen molar-refractivity contribution in [3.05, 3.63) is 30.1 Å². The van der Waals surface area contributed by atoms with Crippen LogP contribution in [0.5, 0.6) is 0 Å². The van der Waals surface area contributed by atoms with E-state index in [1.165, 1.54) is 0 Å². The highest BCUT2D eigenvalue weighted by Gasteiger charge is 2.06. The molecule has 2 rings (SSSR count). The van der Waals surface area contributed by atoms with E-state index < -0.39 is 0 Å². The highest BCUT2D eigenvalue weighted by Crippen LogP contribution is 2.14. The first-order chi connectivity index (χ1) is 11.8. The summed E-state index contributed by atoms with van der Waals surface area (Å²) >= 11 is 0. The number of guanidine groups is 1. The largest absolute Gasteiger partial charge is 0.382 e. The first-order valence-corrected chi connectivity index (χ1v) is 8.76. The maximum Gasteiger partial charge on any atom is 0.191 e. The van der Waals surface area contributed by atoms with Gasteiger partial charge in [-0.2, -0.15) is 0 Å². The molecule has 0 fully saturated rings. The Balaban J connectivity index is 0.00000312. The van der Waals surface area contributed by atoms with Crippen LogP contribution in [0.2, 0.25) is 0 Å². The van der Waals surface area contributed by atoms with Crippen LogP contribution >= 0.6 is 24.0 Å². The van der Waals surface area contributed by atoms with Crippen molar-refractivity contribution in [3.63, 3.8) is 0 Å². The predicted molar refractivity (Wildman–Crippen MR) is 115 cm³/mol. The molecule has 0 saturated carbocycles. The summed E-state index contributed by atoms with van der Waals surface area (Å²) in [5.74, 6) is 1.80. The van der Waals surface area contributed by atoms with Gasteiger partial charge in [0.1, 0.15) is 12.4 Å². The number of aromatic nitrogens is 2. The summed E-state index contributed by atoms with van der Waals surface area (Å²) in [5.41, 5.74) is 2.15. The fourth-order valence-corrected chi connectivity index (χ4v) is 2.51. The normalized spacial score (nSPS) is 11.4. The van der Waals surface area contributed by atoms with Gasteiger partial charge in [-0.25, -0.2) is 9.98 Å². The van der Waals surface area contributed by atoms with Crippen molar-refractivity contribution in [2.24, 2.45) is 12.0 Å². The zero-order chi connectivity index (χ0) is 17.2. The lowest BCUT2D eigenvalue weighted by molar-refractivity contribution is 0.143. The molecule has 0 saturated heterocycles. The number of nitrogens with zero attached hydrogens (tertiary/aromatic N) is 3. The van der Waals surface area contributed by atoms with Crippen LogP contribution in [0.25, 0.3) is 11.0 Å². The number of halogens is 1. The molecule has 1 heterocycles. The van der Waals surface area contributed by atoms with E-state index in [1.807, 2.05) is 32.2 Å². The van der Waals surface area contributed by atoms with Gasteiger partial charge in [0.05, 0.1) is 11.0 Å². The third kappa shape index (κ3) is 6.81. The van der Waals surface area contributed by atoms with E-state index in [4.69, 9.17) is 4.74 Å². The molecule has 0 unspecified atom stereocenters. The molecule has 140 valence electrons. The number of imidazole rings is 1. The maximum absolute atomic E-state index is 5.35. The van der Waals surface area contributed by atoms with Gasteiger partial charge in [0.2, 0.25) is 0 Å². The molecular weight excluding hydrogens is 429 g/mol. The fourth-order valence-electron chi connectivity index (χ4n) is 2.51. The van der Waals surface area contributed by atoms with Crippen LogP contribution in [-0.2, 0) is 18.3 Å². The van der Waals surface area contributed by atoms with E-state index in [1.54, 1.807) is 0 Å². The van der Waals surface area contributed by atoms with E-state index in [0.717, 1.165) is 62.0 Å². The number of benzene rings is 1. The number of para-hydroxylation sites is 2. The Morgan fingerprint density at radius 3 is 2.72 bits per heavy atom. The highest BCUT2D eigenvalue weighted by molar-refractivity contribution is 14.0. The number of hydrogen-bond acceptors (Lipinski definition) is 3. The summed E-state index contributed by atoms with van der Waals surface area (Å²) in [4.78, 5) is 9.31. The molecule has 7 heteroatoms. The molecule has 2 aromatic rings. The smallest absolute Gasteiger partial charge is 0.191 e. The average Bonchev–Trinajstić information content (AvgIpc) is 2.92. The highest BCUT2D eigenvalue weighted by atomic mass is 127. The summed E-state index contributed by atoms with van der Waals surface area (Å²) in [5, 5.41) is 6.65. The van der Waals surface area contributed by atoms with Crippen LogP contribution < -0.4 is 10.6 Å². The van der Waals surface area contributed by atoms with Crippen LogP contribution in [-0.4, -0.2) is 41.8 Å². The molecule has 0 aliphatic heterocycles. The predicted octanol–water partition coefficient (Wildman–Crippen LogP) is 3.06. The summed E-state index contributed by atoms with van der Waals surface area (Å²) in [7, 11) is 2.04. The van der Waals surface area contributed by atoms with E-state index in [2.05, 4.69) is 38.2 Å². The molecule has 6 nitrogen and oxygen atoms in total. The van der Waals surface area contributed by atoms with Gasteiger partial charge in [0.25, 0.3) is 0 Å². The second-order valence-corrected chi connectivity index (χ2v) is 5.60. The number of fused-ring (bicyclic) bond motifs is 1. The molecule has 0 atom stereocenters. The number of rotatable bonds is 9. The Morgan fingerprint density at radius 1 is 1.20 bits per heavy atom. The lowest BCUT2D eigenvalue weighted by Gasteiger charge is -2.11. The molecule has 1 aromatic heterocycles. The van der Waals surface area contributed by atoms with Crippen LogP contribution in [0, 0.1) is 0 Å². The minimum absolute atomic E-state index is 0. The van der Waals surface area contributed by atoms with E-state index in [0.29, 0.717) is 6.54 Å². The summed E-state index contributed by atoms with van der Waals surface area (Å²) in [6.07, 6.45) is 2.13. The molecule has 0 aliphatic carbocycles. The number of aryl methyl sites for hydroxylation is 1. The SMILES string of the molecule is CCNC(=NCc1nc2ccccc2n1C)NCCCCOCC.I. The quantitative estimate of drug-likeness (QED) is 0.262. The number of unbranched alkanes of at least 4 members (excludes halogenated alkanes) is 1. The van der Waals surface area contributed by atoms with Crippen molar-refractivity contribution in [2.75, 3.05) is 26.3 Å². The van der Waals surface area contributed by atoms with Crippen LogP contribution in [0.15, 0.2) is 29.3 Å². The summed E-state index contributed by atoms with van der Waals surface area (Å²) < 4.78 is 7.45. The van der Waals surface area contributed by atoms with E-state index in [-0.39, 0.29) is 24.0 Å². The number of aliphatic imine (C=N–C) groups is 1. The minimum Gasteiger partial charge on any atom is -0.382 e. The summed E-state index contributed by atoms with van der Waals surface area (Å²) in [6, 6.07) is 8.16. The van der Waals surface area contributed by atoms with Gasteiger partial charge < -0.3 is 19.9 Å². The number of ether oxygens (including phenoxy) is 1. The van der Waals surface area contributed by atoms with Crippen molar-refractivity contribution in [1.29, 1.82) is 0 Å². The zero-order valence-electron chi connectivity index (χ0n) is 15.4. The van der Waals surface area contributed by atoms with Crippen molar-refractivity contribution in [3.8, 4) is 0 Å². The van der Waals surface area contributed by atoms with Crippen LogP contribution in [0.4, 0.5) is 0 Å². The second-order valence-electron chi connectivity index (χ2n) is 5.60. The molecule has 0 radical (unpaired) electrons. The Morgan fingerprint density at radius 2 is 2.00 bits per heavy atom. The van der Waals surface area contributed by atoms with Gasteiger partial charge in [-0.15, -0.1) is 24.0 Å². The van der Waals surface area contributed by atoms with Crippen molar-refractivity contribution in [2.45, 2.75) is 33.2 Å². The van der Waals surface area contributed by atoms with Crippen molar-refractivity contribution in [1.82, 2.24) is 20.2 Å². The van der Waals surface area contributed by atoms with Gasteiger partial charge in [-0.05, 0) is 38.8 Å². The van der Waals surface area contributed by atoms with Crippen molar-refractivity contribution >= 4 is 41.0 Å². The Labute approximate surface area is 167 Å². The van der Waals surface area contributed by atoms with Gasteiger partial charge >= 0.3 is 0 Å². The van der Waals surface area contributed by atoms with Gasteiger partial charge in [0.15, 0.2) is 5.96 Å². The van der Waals surface area contributed by atoms with Gasteiger partial charge in [-0.3, -0.25) is 0 Å². The maximum atomic E-state index is 5.35.